The molecule has 0 unspecified atom stereocenters. The van der Waals surface area contributed by atoms with Crippen LogP contribution in [0.3, 0.4) is 0 Å². The minimum Gasteiger partial charge on any atom is -0.457 e. The molecule has 0 saturated carbocycles. The molecular formula is C79H65N5OSi. The van der Waals surface area contributed by atoms with E-state index in [0.717, 1.165) is 66.9 Å². The molecule has 0 atom stereocenters. The lowest BCUT2D eigenvalue weighted by Gasteiger charge is -2.36. The number of anilines is 2. The van der Waals surface area contributed by atoms with Crippen LogP contribution in [0.1, 0.15) is 52.7 Å². The zero-order chi connectivity index (χ0) is 58.3. The van der Waals surface area contributed by atoms with Crippen LogP contribution in [0.25, 0.3) is 82.1 Å². The van der Waals surface area contributed by atoms with Gasteiger partial charge < -0.3 is 14.2 Å². The van der Waals surface area contributed by atoms with Crippen molar-refractivity contribution in [1.82, 2.24) is 19.1 Å². The Kier molecular flexibility index (Phi) is 12.6. The van der Waals surface area contributed by atoms with Gasteiger partial charge in [0.2, 0.25) is 0 Å². The molecule has 0 saturated heterocycles. The first-order valence-electron chi connectivity index (χ1n) is 29.9. The number of hydrogen-bond donors (Lipinski definition) is 0. The van der Waals surface area contributed by atoms with Crippen LogP contribution in [-0.4, -0.2) is 27.2 Å². The summed E-state index contributed by atoms with van der Waals surface area (Å²) in [6.07, 6.45) is 3.81. The highest BCUT2D eigenvalue weighted by atomic mass is 28.3. The van der Waals surface area contributed by atoms with Crippen molar-refractivity contribution >= 4 is 105 Å². The third kappa shape index (κ3) is 8.75. The second-order valence-electron chi connectivity index (χ2n) is 25.0. The molecule has 0 radical (unpaired) electrons. The Morgan fingerprint density at radius 2 is 0.884 bits per heavy atom. The predicted octanol–water partition coefficient (Wildman–Crippen LogP) is 17.7. The van der Waals surface area contributed by atoms with Crippen molar-refractivity contribution in [3.63, 3.8) is 0 Å². The van der Waals surface area contributed by atoms with E-state index in [0.29, 0.717) is 12.4 Å². The summed E-state index contributed by atoms with van der Waals surface area (Å²) >= 11 is 0. The van der Waals surface area contributed by atoms with E-state index in [1.54, 1.807) is 0 Å². The highest BCUT2D eigenvalue weighted by Gasteiger charge is 2.42. The van der Waals surface area contributed by atoms with Gasteiger partial charge in [0.1, 0.15) is 29.8 Å². The number of pyridine rings is 2. The molecule has 416 valence electrons. The molecule has 14 aromatic rings. The Balaban J connectivity index is 0.953. The molecule has 5 heterocycles. The molecule has 15 rings (SSSR count). The zero-order valence-corrected chi connectivity index (χ0v) is 50.3. The Hall–Kier alpha value is -10.1. The fourth-order valence-electron chi connectivity index (χ4n) is 13.6. The van der Waals surface area contributed by atoms with Crippen LogP contribution in [0.5, 0.6) is 11.5 Å². The summed E-state index contributed by atoms with van der Waals surface area (Å²) in [4.78, 5) is 12.5. The number of aromatic nitrogens is 4. The van der Waals surface area contributed by atoms with Crippen LogP contribution in [0.2, 0.25) is 0 Å². The Bertz CT molecular complexity index is 4940. The molecule has 1 aliphatic rings. The molecule has 0 bridgehead atoms. The second-order valence-corrected chi connectivity index (χ2v) is 28.8. The van der Waals surface area contributed by atoms with E-state index < -0.39 is 8.07 Å². The monoisotopic (exact) mass is 1130 g/mol. The van der Waals surface area contributed by atoms with Gasteiger partial charge in [-0.15, -0.1) is 0 Å². The first-order chi connectivity index (χ1) is 41.9. The van der Waals surface area contributed by atoms with Crippen LogP contribution in [0.4, 0.5) is 11.5 Å². The molecule has 0 aliphatic carbocycles. The second kappa shape index (κ2) is 20.6. The molecule has 1 aliphatic heterocycles. The lowest BCUT2D eigenvalue weighted by atomic mass is 9.85. The van der Waals surface area contributed by atoms with Crippen molar-refractivity contribution in [2.24, 2.45) is 0 Å². The summed E-state index contributed by atoms with van der Waals surface area (Å²) in [5, 5.41) is 14.7. The van der Waals surface area contributed by atoms with Crippen molar-refractivity contribution < 1.29 is 4.74 Å². The van der Waals surface area contributed by atoms with Gasteiger partial charge in [-0.25, -0.2) is 9.97 Å². The molecule has 6 nitrogen and oxygen atoms in total. The van der Waals surface area contributed by atoms with Crippen LogP contribution in [0.15, 0.2) is 273 Å². The molecule has 10 aromatic carbocycles. The number of fused-ring (bicyclic) bond motifs is 10. The summed E-state index contributed by atoms with van der Waals surface area (Å²) in [6, 6.07) is 96.5. The Morgan fingerprint density at radius 1 is 0.372 bits per heavy atom. The fourth-order valence-corrected chi connectivity index (χ4v) is 18.4. The quantitative estimate of drug-likeness (QED) is 0.107. The van der Waals surface area contributed by atoms with Crippen LogP contribution < -0.4 is 30.4 Å². The molecule has 0 spiro atoms. The van der Waals surface area contributed by atoms with Crippen LogP contribution in [0, 0.1) is 0 Å². The van der Waals surface area contributed by atoms with Gasteiger partial charge in [-0.05, 0) is 112 Å². The predicted molar refractivity (Wildman–Crippen MR) is 364 cm³/mol. The van der Waals surface area contributed by atoms with Gasteiger partial charge in [-0.3, -0.25) is 4.57 Å². The minimum atomic E-state index is -2.99. The maximum absolute atomic E-state index is 6.97. The maximum Gasteiger partial charge on any atom is 0.179 e. The summed E-state index contributed by atoms with van der Waals surface area (Å²) in [5.41, 5.74) is 10.1. The zero-order valence-electron chi connectivity index (χ0n) is 49.3. The first-order valence-corrected chi connectivity index (χ1v) is 31.9. The summed E-state index contributed by atoms with van der Waals surface area (Å²) < 4.78 is 11.8. The summed E-state index contributed by atoms with van der Waals surface area (Å²) in [5.74, 6) is 3.08. The van der Waals surface area contributed by atoms with Crippen molar-refractivity contribution in [2.75, 3.05) is 4.90 Å². The number of para-hydroxylation sites is 3. The van der Waals surface area contributed by atoms with Gasteiger partial charge in [-0.1, -0.05) is 248 Å². The maximum atomic E-state index is 6.97. The lowest BCUT2D eigenvalue weighted by molar-refractivity contribution is 0.482. The van der Waals surface area contributed by atoms with E-state index in [1.165, 1.54) is 64.4 Å². The third-order valence-electron chi connectivity index (χ3n) is 17.8. The minimum absolute atomic E-state index is 0.0409. The molecule has 0 amide bonds. The third-order valence-corrected chi connectivity index (χ3v) is 22.5. The van der Waals surface area contributed by atoms with Crippen LogP contribution in [-0.2, 0) is 17.5 Å². The van der Waals surface area contributed by atoms with E-state index in [4.69, 9.17) is 14.7 Å². The molecule has 0 N–H and O–H groups in total. The topological polar surface area (TPSA) is 48.1 Å². The average molecular weight is 1130 g/mol. The fraction of sp³-hybridized carbons (Fsp3) is 0.114. The first kappa shape index (κ1) is 52.7. The van der Waals surface area contributed by atoms with E-state index >= 15 is 0 Å². The van der Waals surface area contributed by atoms with Crippen molar-refractivity contribution in [2.45, 2.75) is 59.0 Å². The summed E-state index contributed by atoms with van der Waals surface area (Å²) in [6.45, 7) is 14.3. The molecular weight excluding hydrogens is 1060 g/mol. The van der Waals surface area contributed by atoms with Crippen molar-refractivity contribution in [3.8, 4) is 28.4 Å². The van der Waals surface area contributed by atoms with Gasteiger partial charge >= 0.3 is 0 Å². The standard InChI is InChI=1S/C79H65N5OSi/c1-78(2,3)54-42-44-81-75(49-54)84-71-38-21-20-34-67(71)68-41-40-56(50-73(68)84)85-57-43-45-80-74(51-57)82-52-83-76-62(35-22-36-69(76)65-32-18-16-30-63(65)64-31-17-19-33-66(64)70-37-23-39-72(82)77(70)83)53-46-55(79(4,5)6)48-61(47-53)86(58-24-10-7-11-25-58,59-26-12-8-13-27-59)60-28-14-9-15-29-60/h7-51H,52H2,1-6H3. The molecule has 86 heavy (non-hydrogen) atoms. The van der Waals surface area contributed by atoms with E-state index in [9.17, 15) is 0 Å². The van der Waals surface area contributed by atoms with Crippen molar-refractivity contribution in [3.05, 3.63) is 284 Å². The average Bonchev–Trinajstić information content (AvgIpc) is 1.45. The van der Waals surface area contributed by atoms with Gasteiger partial charge in [0.25, 0.3) is 0 Å². The molecule has 7 heteroatoms. The van der Waals surface area contributed by atoms with Crippen molar-refractivity contribution in [1.29, 1.82) is 0 Å². The SMILES string of the molecule is CC(C)(C)c1cc(-c2cccc3c4ccccc4c4ccccc4c4cccc5c4n(c23)CN5c2cc(Oc3ccc4c5ccccc5n(-c5cc(C(C)(C)C)ccn5)c4c3)ccn2)cc([Si](c2ccccc2)(c2ccccc2)c2ccccc2)c1. The molecule has 4 aromatic heterocycles. The van der Waals surface area contributed by atoms with E-state index in [-0.39, 0.29) is 10.8 Å². The van der Waals surface area contributed by atoms with Gasteiger partial charge in [-0.2, -0.15) is 0 Å². The normalized spacial score (nSPS) is 12.7. The largest absolute Gasteiger partial charge is 0.457 e. The Morgan fingerprint density at radius 3 is 1.51 bits per heavy atom. The van der Waals surface area contributed by atoms with Gasteiger partial charge in [0.15, 0.2) is 8.07 Å². The van der Waals surface area contributed by atoms with Gasteiger partial charge in [0.05, 0.1) is 27.8 Å². The number of ether oxygens (including phenoxy) is 1. The van der Waals surface area contributed by atoms with E-state index in [2.05, 4.69) is 310 Å². The highest BCUT2D eigenvalue weighted by molar-refractivity contribution is 7.20. The number of hydrogen-bond acceptors (Lipinski definition) is 4. The van der Waals surface area contributed by atoms with Gasteiger partial charge in [0, 0.05) is 51.6 Å². The number of nitrogens with zero attached hydrogens (tertiary/aromatic N) is 5. The number of rotatable bonds is 9. The molecule has 0 fully saturated rings. The van der Waals surface area contributed by atoms with Crippen LogP contribution >= 0.6 is 0 Å². The van der Waals surface area contributed by atoms with E-state index in [1.807, 2.05) is 18.5 Å². The highest BCUT2D eigenvalue weighted by Crippen LogP contribution is 2.45. The lowest BCUT2D eigenvalue weighted by Crippen LogP contribution is -2.74. The Labute approximate surface area is 503 Å². The summed E-state index contributed by atoms with van der Waals surface area (Å²) in [7, 11) is -2.99. The number of benzene rings is 10. The smallest absolute Gasteiger partial charge is 0.179 e.